The SMILES string of the molecule is CC(OC(=O)c1cccc(N2CCCS2(=O)=O)c1)C(=O)C12CC3CC(CC(C3)C1)C2. The van der Waals surface area contributed by atoms with Gasteiger partial charge in [-0.2, -0.15) is 0 Å². The molecule has 7 heteroatoms. The summed E-state index contributed by atoms with van der Waals surface area (Å²) in [6, 6.07) is 6.50. The summed E-state index contributed by atoms with van der Waals surface area (Å²) in [4.78, 5) is 26.1. The molecule has 0 N–H and O–H groups in total. The summed E-state index contributed by atoms with van der Waals surface area (Å²) in [5.74, 6) is 1.59. The second-order valence-corrected chi connectivity index (χ2v) is 11.9. The Balaban J connectivity index is 1.30. The Kier molecular flexibility index (Phi) is 4.73. The minimum Gasteiger partial charge on any atom is -0.451 e. The third-order valence-corrected chi connectivity index (χ3v) is 9.55. The van der Waals surface area contributed by atoms with Crippen molar-refractivity contribution in [2.24, 2.45) is 23.2 Å². The van der Waals surface area contributed by atoms with Gasteiger partial charge in [-0.1, -0.05) is 6.07 Å². The first-order chi connectivity index (χ1) is 14.3. The number of esters is 1. The van der Waals surface area contributed by atoms with Crippen molar-refractivity contribution in [1.29, 1.82) is 0 Å². The average molecular weight is 432 g/mol. The molecule has 4 bridgehead atoms. The van der Waals surface area contributed by atoms with E-state index in [4.69, 9.17) is 4.74 Å². The molecule has 0 radical (unpaired) electrons. The Morgan fingerprint density at radius 2 is 1.73 bits per heavy atom. The maximum absolute atomic E-state index is 13.4. The maximum Gasteiger partial charge on any atom is 0.338 e. The lowest BCUT2D eigenvalue weighted by Gasteiger charge is -2.56. The molecule has 0 spiro atoms. The molecule has 6 nitrogen and oxygen atoms in total. The van der Waals surface area contributed by atoms with E-state index < -0.39 is 22.1 Å². The molecule has 162 valence electrons. The molecule has 1 aliphatic heterocycles. The van der Waals surface area contributed by atoms with Crippen LogP contribution in [0.15, 0.2) is 24.3 Å². The van der Waals surface area contributed by atoms with Gasteiger partial charge in [0.05, 0.1) is 17.0 Å². The molecule has 30 heavy (non-hydrogen) atoms. The fourth-order valence-corrected chi connectivity index (χ4v) is 8.40. The molecule has 1 saturated heterocycles. The van der Waals surface area contributed by atoms with Crippen LogP contribution in [0.3, 0.4) is 0 Å². The normalized spacial score (nSPS) is 34.7. The van der Waals surface area contributed by atoms with Crippen molar-refractivity contribution >= 4 is 27.5 Å². The number of sulfonamides is 1. The number of carbonyl (C=O) groups is 2. The van der Waals surface area contributed by atoms with Crippen molar-refractivity contribution < 1.29 is 22.7 Å². The predicted molar refractivity (Wildman–Crippen MR) is 113 cm³/mol. The molecular weight excluding hydrogens is 402 g/mol. The molecular formula is C23H29NO5S. The van der Waals surface area contributed by atoms with E-state index in [-0.39, 0.29) is 22.5 Å². The van der Waals surface area contributed by atoms with Gasteiger partial charge in [-0.3, -0.25) is 9.10 Å². The van der Waals surface area contributed by atoms with Crippen LogP contribution in [0.2, 0.25) is 0 Å². The van der Waals surface area contributed by atoms with E-state index in [2.05, 4.69) is 0 Å². The number of hydrogen-bond donors (Lipinski definition) is 0. The van der Waals surface area contributed by atoms with Crippen LogP contribution >= 0.6 is 0 Å². The average Bonchev–Trinajstić information content (AvgIpc) is 3.05. The lowest BCUT2D eigenvalue weighted by molar-refractivity contribution is -0.152. The maximum atomic E-state index is 13.4. The first-order valence-corrected chi connectivity index (χ1v) is 12.7. The Labute approximate surface area is 178 Å². The fourth-order valence-electron chi connectivity index (χ4n) is 6.84. The van der Waals surface area contributed by atoms with E-state index in [1.807, 2.05) is 0 Å². The van der Waals surface area contributed by atoms with Gasteiger partial charge in [0, 0.05) is 12.0 Å². The zero-order valence-corrected chi connectivity index (χ0v) is 18.2. The van der Waals surface area contributed by atoms with E-state index in [0.29, 0.717) is 36.4 Å². The number of carbonyl (C=O) groups excluding carboxylic acids is 2. The van der Waals surface area contributed by atoms with Gasteiger partial charge in [0.25, 0.3) is 0 Å². The summed E-state index contributed by atoms with van der Waals surface area (Å²) in [7, 11) is -3.32. The second kappa shape index (κ2) is 7.08. The number of ether oxygens (including phenoxy) is 1. The summed E-state index contributed by atoms with van der Waals surface area (Å²) < 4.78 is 31.3. The van der Waals surface area contributed by atoms with Crippen LogP contribution in [0.1, 0.15) is 62.2 Å². The standard InChI is InChI=1S/C23H29NO5S/c1-15(21(25)23-12-16-8-17(13-23)10-18(9-16)14-23)29-22(26)19-4-2-5-20(11-19)24-6-3-7-30(24,27)28/h2,4-5,11,15-18H,3,6-10,12-14H2,1H3. The van der Waals surface area contributed by atoms with Crippen LogP contribution in [-0.2, 0) is 19.6 Å². The van der Waals surface area contributed by atoms with Crippen LogP contribution in [0.25, 0.3) is 0 Å². The first-order valence-electron chi connectivity index (χ1n) is 11.1. The summed E-state index contributed by atoms with van der Waals surface area (Å²) >= 11 is 0. The molecule has 0 aromatic heterocycles. The zero-order valence-electron chi connectivity index (χ0n) is 17.4. The van der Waals surface area contributed by atoms with E-state index in [1.54, 1.807) is 31.2 Å². The first kappa shape index (κ1) is 20.0. The van der Waals surface area contributed by atoms with E-state index >= 15 is 0 Å². The highest BCUT2D eigenvalue weighted by Crippen LogP contribution is 2.60. The highest BCUT2D eigenvalue weighted by atomic mass is 32.2. The van der Waals surface area contributed by atoms with Crippen LogP contribution < -0.4 is 4.31 Å². The molecule has 6 rings (SSSR count). The number of rotatable bonds is 5. The number of anilines is 1. The van der Waals surface area contributed by atoms with Gasteiger partial charge in [0.1, 0.15) is 0 Å². The van der Waals surface area contributed by atoms with Crippen LogP contribution in [0.4, 0.5) is 5.69 Å². The molecule has 5 fully saturated rings. The van der Waals surface area contributed by atoms with Crippen molar-refractivity contribution in [2.45, 2.75) is 58.0 Å². The molecule has 5 aliphatic rings. The number of nitrogens with zero attached hydrogens (tertiary/aromatic N) is 1. The van der Waals surface area contributed by atoms with E-state index in [9.17, 15) is 18.0 Å². The topological polar surface area (TPSA) is 80.8 Å². The largest absolute Gasteiger partial charge is 0.451 e. The minimum absolute atomic E-state index is 0.0771. The second-order valence-electron chi connectivity index (χ2n) is 9.90. The lowest BCUT2D eigenvalue weighted by Crippen LogP contribution is -2.52. The molecule has 0 amide bonds. The third kappa shape index (κ3) is 3.35. The summed E-state index contributed by atoms with van der Waals surface area (Å²) in [6.07, 6.45) is 6.40. The number of benzene rings is 1. The Morgan fingerprint density at radius 1 is 1.10 bits per heavy atom. The monoisotopic (exact) mass is 431 g/mol. The predicted octanol–water partition coefficient (Wildman–Crippen LogP) is 3.56. The molecule has 4 aliphatic carbocycles. The quantitative estimate of drug-likeness (QED) is 0.666. The highest BCUT2D eigenvalue weighted by Gasteiger charge is 2.55. The van der Waals surface area contributed by atoms with Gasteiger partial charge < -0.3 is 4.74 Å². The van der Waals surface area contributed by atoms with Gasteiger partial charge in [-0.25, -0.2) is 13.2 Å². The smallest absolute Gasteiger partial charge is 0.338 e. The number of hydrogen-bond acceptors (Lipinski definition) is 5. The fraction of sp³-hybridized carbons (Fsp3) is 0.652. The van der Waals surface area contributed by atoms with Gasteiger partial charge in [-0.15, -0.1) is 0 Å². The Morgan fingerprint density at radius 3 is 2.30 bits per heavy atom. The summed E-state index contributed by atoms with van der Waals surface area (Å²) in [6.45, 7) is 2.11. The lowest BCUT2D eigenvalue weighted by atomic mass is 9.48. The van der Waals surface area contributed by atoms with Crippen LogP contribution in [0, 0.1) is 23.2 Å². The molecule has 1 atom stereocenters. The molecule has 1 heterocycles. The van der Waals surface area contributed by atoms with Gasteiger partial charge in [-0.05, 0) is 87.8 Å². The molecule has 4 saturated carbocycles. The van der Waals surface area contributed by atoms with Crippen LogP contribution in [-0.4, -0.2) is 38.6 Å². The molecule has 1 aromatic carbocycles. The van der Waals surface area contributed by atoms with Gasteiger partial charge in [0.15, 0.2) is 11.9 Å². The summed E-state index contributed by atoms with van der Waals surface area (Å²) in [5.41, 5.74) is 0.446. The summed E-state index contributed by atoms with van der Waals surface area (Å²) in [5, 5.41) is 0. The van der Waals surface area contributed by atoms with E-state index in [1.165, 1.54) is 23.6 Å². The molecule has 1 unspecified atom stereocenters. The Bertz CT molecular complexity index is 950. The Hall–Kier alpha value is -1.89. The van der Waals surface area contributed by atoms with Gasteiger partial charge >= 0.3 is 5.97 Å². The van der Waals surface area contributed by atoms with Crippen molar-refractivity contribution in [2.75, 3.05) is 16.6 Å². The van der Waals surface area contributed by atoms with Crippen LogP contribution in [0.5, 0.6) is 0 Å². The van der Waals surface area contributed by atoms with Crippen molar-refractivity contribution in [3.8, 4) is 0 Å². The van der Waals surface area contributed by atoms with Crippen molar-refractivity contribution in [3.63, 3.8) is 0 Å². The zero-order chi connectivity index (χ0) is 21.1. The number of Topliss-reactive ketones (excluding diaryl/α,β-unsaturated/α-hetero) is 1. The highest BCUT2D eigenvalue weighted by molar-refractivity contribution is 7.93. The third-order valence-electron chi connectivity index (χ3n) is 7.68. The van der Waals surface area contributed by atoms with E-state index in [0.717, 1.165) is 19.3 Å². The van der Waals surface area contributed by atoms with Crippen molar-refractivity contribution in [1.82, 2.24) is 0 Å². The van der Waals surface area contributed by atoms with Crippen molar-refractivity contribution in [3.05, 3.63) is 29.8 Å². The van der Waals surface area contributed by atoms with Gasteiger partial charge in [0.2, 0.25) is 10.0 Å². The number of ketones is 1. The minimum atomic E-state index is -3.32. The molecule has 1 aromatic rings.